The minimum atomic E-state index is 0.0378. The molecule has 0 bridgehead atoms. The van der Waals surface area contributed by atoms with E-state index in [1.54, 1.807) is 11.3 Å². The van der Waals surface area contributed by atoms with E-state index in [4.69, 9.17) is 10.2 Å². The van der Waals surface area contributed by atoms with Crippen LogP contribution >= 0.6 is 27.3 Å². The van der Waals surface area contributed by atoms with Gasteiger partial charge in [-0.1, -0.05) is 0 Å². The van der Waals surface area contributed by atoms with Gasteiger partial charge in [0, 0.05) is 24.1 Å². The molecule has 0 spiro atoms. The second-order valence-electron chi connectivity index (χ2n) is 3.47. The molecule has 1 unspecified atom stereocenters. The second-order valence-corrected chi connectivity index (χ2v) is 6.02. The summed E-state index contributed by atoms with van der Waals surface area (Å²) >= 11 is 5.11. The highest BCUT2D eigenvalue weighted by molar-refractivity contribution is 9.11. The lowest BCUT2D eigenvalue weighted by Crippen LogP contribution is -2.34. The Morgan fingerprint density at radius 2 is 2.20 bits per heavy atom. The minimum absolute atomic E-state index is 0.0378. The van der Waals surface area contributed by atoms with Gasteiger partial charge in [0.15, 0.2) is 0 Å². The fraction of sp³-hybridized carbons (Fsp3) is 0.600. The number of nitrogens with zero attached hydrogens (tertiary/aromatic N) is 1. The van der Waals surface area contributed by atoms with Crippen molar-refractivity contribution >= 4 is 27.3 Å². The lowest BCUT2D eigenvalue weighted by molar-refractivity contribution is 0.115. The van der Waals surface area contributed by atoms with E-state index in [1.807, 2.05) is 13.1 Å². The molecule has 2 N–H and O–H groups in total. The van der Waals surface area contributed by atoms with Gasteiger partial charge in [-0.15, -0.1) is 11.3 Å². The maximum absolute atomic E-state index is 9.15. The molecule has 0 aliphatic rings. The topological polar surface area (TPSA) is 43.7 Å². The first-order chi connectivity index (χ1) is 7.17. The Balaban J connectivity index is 2.49. The monoisotopic (exact) mass is 293 g/mol. The first-order valence-corrected chi connectivity index (χ1v) is 6.44. The zero-order chi connectivity index (χ0) is 11.3. The van der Waals surface area contributed by atoms with Crippen LogP contribution in [0.25, 0.3) is 0 Å². The predicted octanol–water partition coefficient (Wildman–Crippen LogP) is 1.69. The molecule has 1 rings (SSSR count). The SMILES string of the molecule is CN(Cc1ccc(Br)s1)C(CO)CCO. The summed E-state index contributed by atoms with van der Waals surface area (Å²) in [6.07, 6.45) is 0.611. The molecule has 0 aromatic carbocycles. The molecule has 1 atom stereocenters. The van der Waals surface area contributed by atoms with Crippen molar-refractivity contribution in [1.29, 1.82) is 0 Å². The van der Waals surface area contributed by atoms with Crippen LogP contribution in [0, 0.1) is 0 Å². The Kier molecular flexibility index (Phi) is 5.78. The van der Waals surface area contributed by atoms with Gasteiger partial charge in [-0.3, -0.25) is 4.90 Å². The van der Waals surface area contributed by atoms with Crippen molar-refractivity contribution in [2.75, 3.05) is 20.3 Å². The average molecular weight is 294 g/mol. The van der Waals surface area contributed by atoms with Crippen LogP contribution in [0.3, 0.4) is 0 Å². The van der Waals surface area contributed by atoms with Crippen LogP contribution in [0.2, 0.25) is 0 Å². The number of likely N-dealkylation sites (N-methyl/N-ethyl adjacent to an activating group) is 1. The smallest absolute Gasteiger partial charge is 0.0701 e. The summed E-state index contributed by atoms with van der Waals surface area (Å²) < 4.78 is 1.12. The molecule has 0 amide bonds. The van der Waals surface area contributed by atoms with Crippen LogP contribution in [0.4, 0.5) is 0 Å². The summed E-state index contributed by atoms with van der Waals surface area (Å²) in [6.45, 7) is 1.01. The van der Waals surface area contributed by atoms with Gasteiger partial charge < -0.3 is 10.2 Å². The predicted molar refractivity (Wildman–Crippen MR) is 66.1 cm³/mol. The number of hydrogen-bond acceptors (Lipinski definition) is 4. The summed E-state index contributed by atoms with van der Waals surface area (Å²) in [5.74, 6) is 0. The maximum Gasteiger partial charge on any atom is 0.0701 e. The second kappa shape index (κ2) is 6.60. The third-order valence-corrected chi connectivity index (χ3v) is 3.94. The first kappa shape index (κ1) is 13.1. The van der Waals surface area contributed by atoms with Gasteiger partial charge in [0.25, 0.3) is 0 Å². The normalized spacial score (nSPS) is 13.4. The molecule has 0 aliphatic heterocycles. The van der Waals surface area contributed by atoms with Gasteiger partial charge >= 0.3 is 0 Å². The Morgan fingerprint density at radius 1 is 1.47 bits per heavy atom. The largest absolute Gasteiger partial charge is 0.396 e. The Labute approximate surface area is 102 Å². The lowest BCUT2D eigenvalue weighted by atomic mass is 10.2. The highest BCUT2D eigenvalue weighted by Gasteiger charge is 2.13. The molecule has 1 heterocycles. The van der Waals surface area contributed by atoms with Crippen molar-refractivity contribution in [3.8, 4) is 0 Å². The third kappa shape index (κ3) is 4.20. The molecule has 3 nitrogen and oxygen atoms in total. The first-order valence-electron chi connectivity index (χ1n) is 4.83. The van der Waals surface area contributed by atoms with Crippen molar-refractivity contribution in [2.45, 2.75) is 19.0 Å². The highest BCUT2D eigenvalue weighted by Crippen LogP contribution is 2.23. The number of rotatable bonds is 6. The van der Waals surface area contributed by atoms with E-state index in [1.165, 1.54) is 4.88 Å². The van der Waals surface area contributed by atoms with Gasteiger partial charge in [0.05, 0.1) is 10.4 Å². The minimum Gasteiger partial charge on any atom is -0.396 e. The molecule has 86 valence electrons. The van der Waals surface area contributed by atoms with E-state index < -0.39 is 0 Å². The number of thiophene rings is 1. The molecule has 5 heteroatoms. The van der Waals surface area contributed by atoms with E-state index in [2.05, 4.69) is 26.9 Å². The van der Waals surface area contributed by atoms with Crippen molar-refractivity contribution in [3.05, 3.63) is 20.8 Å². The van der Waals surface area contributed by atoms with Crippen LogP contribution < -0.4 is 0 Å². The van der Waals surface area contributed by atoms with Crippen molar-refractivity contribution in [1.82, 2.24) is 4.90 Å². The molecule has 0 fully saturated rings. The van der Waals surface area contributed by atoms with E-state index in [0.717, 1.165) is 10.3 Å². The summed E-state index contributed by atoms with van der Waals surface area (Å²) in [6, 6.07) is 4.13. The van der Waals surface area contributed by atoms with Crippen LogP contribution in [0.5, 0.6) is 0 Å². The Bertz CT molecular complexity index is 293. The van der Waals surface area contributed by atoms with Gasteiger partial charge in [-0.2, -0.15) is 0 Å². The van der Waals surface area contributed by atoms with Crippen molar-refractivity contribution in [2.24, 2.45) is 0 Å². The van der Waals surface area contributed by atoms with Crippen LogP contribution in [-0.4, -0.2) is 41.4 Å². The zero-order valence-electron chi connectivity index (χ0n) is 8.69. The molecule has 1 aromatic heterocycles. The highest BCUT2D eigenvalue weighted by atomic mass is 79.9. The summed E-state index contributed by atoms with van der Waals surface area (Å²) in [7, 11) is 1.96. The molecular formula is C10H16BrNO2S. The fourth-order valence-electron chi connectivity index (χ4n) is 1.41. The van der Waals surface area contributed by atoms with Crippen LogP contribution in [0.15, 0.2) is 15.9 Å². The summed E-state index contributed by atoms with van der Waals surface area (Å²) in [4.78, 5) is 3.31. The van der Waals surface area contributed by atoms with Crippen molar-refractivity contribution < 1.29 is 10.2 Å². The lowest BCUT2D eigenvalue weighted by Gasteiger charge is -2.25. The Hall–Kier alpha value is 0.0600. The van der Waals surface area contributed by atoms with E-state index in [9.17, 15) is 0 Å². The molecule has 1 aromatic rings. The molecule has 0 aliphatic carbocycles. The van der Waals surface area contributed by atoms with Crippen molar-refractivity contribution in [3.63, 3.8) is 0 Å². The quantitative estimate of drug-likeness (QED) is 0.839. The van der Waals surface area contributed by atoms with Crippen LogP contribution in [-0.2, 0) is 6.54 Å². The summed E-state index contributed by atoms with van der Waals surface area (Å²) in [5.41, 5.74) is 0. The molecule has 0 radical (unpaired) electrons. The van der Waals surface area contributed by atoms with E-state index >= 15 is 0 Å². The summed E-state index contributed by atoms with van der Waals surface area (Å²) in [5, 5.41) is 18.0. The van der Waals surface area contributed by atoms with Crippen LogP contribution in [0.1, 0.15) is 11.3 Å². The zero-order valence-corrected chi connectivity index (χ0v) is 11.1. The van der Waals surface area contributed by atoms with Gasteiger partial charge in [-0.25, -0.2) is 0 Å². The molecule has 0 saturated carbocycles. The number of aliphatic hydroxyl groups is 2. The number of aliphatic hydroxyl groups excluding tert-OH is 2. The van der Waals surface area contributed by atoms with E-state index in [0.29, 0.717) is 6.42 Å². The molecule has 15 heavy (non-hydrogen) atoms. The number of halogens is 1. The van der Waals surface area contributed by atoms with Gasteiger partial charge in [0.2, 0.25) is 0 Å². The molecular weight excluding hydrogens is 278 g/mol. The standard InChI is InChI=1S/C10H16BrNO2S/c1-12(8(7-14)4-5-13)6-9-2-3-10(11)15-9/h2-3,8,13-14H,4-7H2,1H3. The maximum atomic E-state index is 9.15. The average Bonchev–Trinajstić information content (AvgIpc) is 2.60. The third-order valence-electron chi connectivity index (χ3n) is 2.33. The van der Waals surface area contributed by atoms with E-state index in [-0.39, 0.29) is 19.3 Å². The Morgan fingerprint density at radius 3 is 2.67 bits per heavy atom. The van der Waals surface area contributed by atoms with Gasteiger partial charge in [-0.05, 0) is 41.5 Å². The number of hydrogen-bond donors (Lipinski definition) is 2. The molecule has 0 saturated heterocycles. The van der Waals surface area contributed by atoms with Gasteiger partial charge in [0.1, 0.15) is 0 Å². The fourth-order valence-corrected chi connectivity index (χ4v) is 2.96.